The van der Waals surface area contributed by atoms with E-state index in [1.54, 1.807) is 39.0 Å². The zero-order chi connectivity index (χ0) is 18.7. The van der Waals surface area contributed by atoms with Gasteiger partial charge in [-0.05, 0) is 38.5 Å². The highest BCUT2D eigenvalue weighted by atomic mass is 16.6. The molecule has 0 saturated carbocycles. The van der Waals surface area contributed by atoms with Crippen LogP contribution < -0.4 is 10.2 Å². The third kappa shape index (κ3) is 3.47. The first-order chi connectivity index (χ1) is 12.4. The van der Waals surface area contributed by atoms with Gasteiger partial charge in [-0.15, -0.1) is 0 Å². The van der Waals surface area contributed by atoms with Crippen LogP contribution in [-0.4, -0.2) is 18.2 Å². The maximum atomic E-state index is 12.7. The summed E-state index contributed by atoms with van der Waals surface area (Å²) in [5.41, 5.74) is 0.430. The Labute approximate surface area is 151 Å². The standard InChI is InChI=1S/C21H20O5/c1-4-24-20(23)21(2,3)26-15-10-11-16-18(12-15)25-13-17(19(16)22)14-8-6-5-7-9-14/h5-13H,4H2,1-3H3. The van der Waals surface area contributed by atoms with Gasteiger partial charge >= 0.3 is 5.97 Å². The Kier molecular flexibility index (Phi) is 4.80. The second-order valence-electron chi connectivity index (χ2n) is 6.34. The third-order valence-electron chi connectivity index (χ3n) is 3.97. The van der Waals surface area contributed by atoms with Gasteiger partial charge in [0.05, 0.1) is 17.6 Å². The maximum absolute atomic E-state index is 12.7. The molecule has 2 aromatic carbocycles. The second kappa shape index (κ2) is 7.04. The molecule has 1 aromatic heterocycles. The highest BCUT2D eigenvalue weighted by Crippen LogP contribution is 2.25. The average Bonchev–Trinajstić information content (AvgIpc) is 2.62. The van der Waals surface area contributed by atoms with Crippen LogP contribution >= 0.6 is 0 Å². The zero-order valence-corrected chi connectivity index (χ0v) is 14.9. The number of carbonyl (C=O) groups excluding carboxylic acids is 1. The lowest BCUT2D eigenvalue weighted by Gasteiger charge is -2.24. The van der Waals surface area contributed by atoms with Crippen molar-refractivity contribution in [3.63, 3.8) is 0 Å². The molecule has 26 heavy (non-hydrogen) atoms. The molecule has 3 aromatic rings. The monoisotopic (exact) mass is 352 g/mol. The van der Waals surface area contributed by atoms with Gasteiger partial charge in [-0.25, -0.2) is 4.79 Å². The summed E-state index contributed by atoms with van der Waals surface area (Å²) in [5.74, 6) is -0.0351. The van der Waals surface area contributed by atoms with E-state index in [1.165, 1.54) is 6.26 Å². The topological polar surface area (TPSA) is 65.7 Å². The van der Waals surface area contributed by atoms with Crippen molar-refractivity contribution in [2.45, 2.75) is 26.4 Å². The fourth-order valence-corrected chi connectivity index (χ4v) is 2.63. The van der Waals surface area contributed by atoms with Crippen molar-refractivity contribution in [3.8, 4) is 16.9 Å². The minimum absolute atomic E-state index is 0.117. The summed E-state index contributed by atoms with van der Waals surface area (Å²) in [6.45, 7) is 5.27. The van der Waals surface area contributed by atoms with Gasteiger partial charge in [0, 0.05) is 6.07 Å². The first-order valence-electron chi connectivity index (χ1n) is 8.39. The number of hydrogen-bond donors (Lipinski definition) is 0. The smallest absolute Gasteiger partial charge is 0.349 e. The average molecular weight is 352 g/mol. The molecule has 5 heteroatoms. The van der Waals surface area contributed by atoms with Gasteiger partial charge in [0.25, 0.3) is 0 Å². The van der Waals surface area contributed by atoms with E-state index in [0.29, 0.717) is 22.3 Å². The van der Waals surface area contributed by atoms with E-state index < -0.39 is 11.6 Å². The van der Waals surface area contributed by atoms with Crippen molar-refractivity contribution in [2.75, 3.05) is 6.61 Å². The predicted molar refractivity (Wildman–Crippen MR) is 99.3 cm³/mol. The molecule has 134 valence electrons. The number of hydrogen-bond acceptors (Lipinski definition) is 5. The van der Waals surface area contributed by atoms with Crippen LogP contribution in [0, 0.1) is 0 Å². The molecular formula is C21H20O5. The molecular weight excluding hydrogens is 332 g/mol. The van der Waals surface area contributed by atoms with Gasteiger partial charge in [0.15, 0.2) is 11.0 Å². The summed E-state index contributed by atoms with van der Waals surface area (Å²) in [5, 5.41) is 0.452. The van der Waals surface area contributed by atoms with Crippen LogP contribution in [0.25, 0.3) is 22.1 Å². The lowest BCUT2D eigenvalue weighted by atomic mass is 10.1. The lowest BCUT2D eigenvalue weighted by Crippen LogP contribution is -2.39. The molecule has 0 N–H and O–H groups in total. The SMILES string of the molecule is CCOC(=O)C(C)(C)Oc1ccc2c(=O)c(-c3ccccc3)coc2c1. The van der Waals surface area contributed by atoms with Gasteiger partial charge in [-0.2, -0.15) is 0 Å². The van der Waals surface area contributed by atoms with Crippen LogP contribution in [0.5, 0.6) is 5.75 Å². The van der Waals surface area contributed by atoms with Gasteiger partial charge < -0.3 is 13.9 Å². The van der Waals surface area contributed by atoms with E-state index in [4.69, 9.17) is 13.9 Å². The van der Waals surface area contributed by atoms with E-state index >= 15 is 0 Å². The number of benzene rings is 2. The summed E-state index contributed by atoms with van der Waals surface area (Å²) >= 11 is 0. The minimum Gasteiger partial charge on any atom is -0.476 e. The van der Waals surface area contributed by atoms with Crippen LogP contribution in [-0.2, 0) is 9.53 Å². The molecule has 0 aliphatic carbocycles. The van der Waals surface area contributed by atoms with E-state index in [-0.39, 0.29) is 12.0 Å². The summed E-state index contributed by atoms with van der Waals surface area (Å²) in [4.78, 5) is 24.7. The summed E-state index contributed by atoms with van der Waals surface area (Å²) in [6, 6.07) is 14.2. The second-order valence-corrected chi connectivity index (χ2v) is 6.34. The highest BCUT2D eigenvalue weighted by Gasteiger charge is 2.31. The molecule has 0 radical (unpaired) electrons. The van der Waals surface area contributed by atoms with Crippen molar-refractivity contribution >= 4 is 16.9 Å². The van der Waals surface area contributed by atoms with Crippen molar-refractivity contribution in [2.24, 2.45) is 0 Å². The van der Waals surface area contributed by atoms with Gasteiger partial charge in [-0.1, -0.05) is 30.3 Å². The molecule has 0 bridgehead atoms. The molecule has 0 aliphatic rings. The largest absolute Gasteiger partial charge is 0.476 e. The molecule has 0 fully saturated rings. The van der Waals surface area contributed by atoms with Crippen molar-refractivity contribution in [1.82, 2.24) is 0 Å². The number of fused-ring (bicyclic) bond motifs is 1. The highest BCUT2D eigenvalue weighted by molar-refractivity contribution is 5.83. The zero-order valence-electron chi connectivity index (χ0n) is 14.9. The van der Waals surface area contributed by atoms with Crippen LogP contribution in [0.15, 0.2) is 64.0 Å². The fourth-order valence-electron chi connectivity index (χ4n) is 2.63. The molecule has 3 rings (SSSR count). The Morgan fingerprint density at radius 3 is 2.54 bits per heavy atom. The summed E-state index contributed by atoms with van der Waals surface area (Å²) in [7, 11) is 0. The van der Waals surface area contributed by atoms with Gasteiger partial charge in [0.2, 0.25) is 0 Å². The van der Waals surface area contributed by atoms with E-state index in [0.717, 1.165) is 5.56 Å². The van der Waals surface area contributed by atoms with Crippen LogP contribution in [0.3, 0.4) is 0 Å². The Morgan fingerprint density at radius 1 is 1.12 bits per heavy atom. The Bertz CT molecular complexity index is 986. The van der Waals surface area contributed by atoms with Crippen molar-refractivity contribution in [1.29, 1.82) is 0 Å². The fraction of sp³-hybridized carbons (Fsp3) is 0.238. The predicted octanol–water partition coefficient (Wildman–Crippen LogP) is 4.18. The minimum atomic E-state index is -1.14. The lowest BCUT2D eigenvalue weighted by molar-refractivity contribution is -0.158. The molecule has 1 heterocycles. The number of ether oxygens (including phenoxy) is 2. The first-order valence-corrected chi connectivity index (χ1v) is 8.39. The quantitative estimate of drug-likeness (QED) is 0.645. The van der Waals surface area contributed by atoms with Crippen LogP contribution in [0.1, 0.15) is 20.8 Å². The van der Waals surface area contributed by atoms with Crippen LogP contribution in [0.4, 0.5) is 0 Å². The Hall–Kier alpha value is -3.08. The summed E-state index contributed by atoms with van der Waals surface area (Å²) < 4.78 is 16.4. The number of carbonyl (C=O) groups is 1. The Morgan fingerprint density at radius 2 is 1.85 bits per heavy atom. The van der Waals surface area contributed by atoms with Gasteiger partial charge in [-0.3, -0.25) is 4.79 Å². The van der Waals surface area contributed by atoms with E-state index in [9.17, 15) is 9.59 Å². The van der Waals surface area contributed by atoms with Gasteiger partial charge in [0.1, 0.15) is 17.6 Å². The van der Waals surface area contributed by atoms with E-state index in [1.807, 2.05) is 30.3 Å². The normalized spacial score (nSPS) is 11.3. The van der Waals surface area contributed by atoms with Crippen molar-refractivity contribution < 1.29 is 18.7 Å². The molecule has 0 unspecified atom stereocenters. The first kappa shape index (κ1) is 17.7. The molecule has 0 saturated heterocycles. The summed E-state index contributed by atoms with van der Waals surface area (Å²) in [6.07, 6.45) is 1.44. The molecule has 0 atom stereocenters. The van der Waals surface area contributed by atoms with Crippen molar-refractivity contribution in [3.05, 3.63) is 65.0 Å². The molecule has 5 nitrogen and oxygen atoms in total. The Balaban J connectivity index is 1.96. The third-order valence-corrected chi connectivity index (χ3v) is 3.97. The van der Waals surface area contributed by atoms with E-state index in [2.05, 4.69) is 0 Å². The van der Waals surface area contributed by atoms with Crippen LogP contribution in [0.2, 0.25) is 0 Å². The molecule has 0 spiro atoms. The molecule has 0 amide bonds. The molecule has 0 aliphatic heterocycles. The number of rotatable bonds is 5. The maximum Gasteiger partial charge on any atom is 0.349 e. The number of esters is 1.